The van der Waals surface area contributed by atoms with E-state index in [0.717, 1.165) is 45.7 Å². The van der Waals surface area contributed by atoms with Crippen LogP contribution in [-0.2, 0) is 17.8 Å². The zero-order chi connectivity index (χ0) is 24.1. The van der Waals surface area contributed by atoms with Crippen LogP contribution in [0, 0.1) is 20.8 Å². The Bertz CT molecular complexity index is 1340. The van der Waals surface area contributed by atoms with Crippen LogP contribution in [0.3, 0.4) is 0 Å². The zero-order valence-corrected chi connectivity index (χ0v) is 19.9. The van der Waals surface area contributed by atoms with Gasteiger partial charge in [0.15, 0.2) is 0 Å². The van der Waals surface area contributed by atoms with Gasteiger partial charge in [0.25, 0.3) is 5.91 Å². The summed E-state index contributed by atoms with van der Waals surface area (Å²) < 4.78 is 1.97. The van der Waals surface area contributed by atoms with Crippen molar-refractivity contribution in [3.05, 3.63) is 94.8 Å². The van der Waals surface area contributed by atoms with Crippen LogP contribution in [-0.4, -0.2) is 27.9 Å². The fourth-order valence-corrected chi connectivity index (χ4v) is 4.08. The lowest BCUT2D eigenvalue weighted by atomic mass is 10.1. The van der Waals surface area contributed by atoms with Gasteiger partial charge in [-0.2, -0.15) is 0 Å². The largest absolute Gasteiger partial charge is 0.352 e. The Morgan fingerprint density at radius 1 is 0.882 bits per heavy atom. The van der Waals surface area contributed by atoms with Crippen molar-refractivity contribution in [1.82, 2.24) is 14.9 Å². The molecule has 0 spiro atoms. The van der Waals surface area contributed by atoms with Crippen LogP contribution >= 0.6 is 0 Å². The molecule has 4 rings (SSSR count). The van der Waals surface area contributed by atoms with Crippen molar-refractivity contribution in [2.45, 2.75) is 40.2 Å². The molecular weight excluding hydrogens is 424 g/mol. The summed E-state index contributed by atoms with van der Waals surface area (Å²) in [7, 11) is 0. The number of aromatic nitrogens is 2. The predicted octanol–water partition coefficient (Wildman–Crippen LogP) is 4.96. The molecule has 0 saturated heterocycles. The van der Waals surface area contributed by atoms with E-state index >= 15 is 0 Å². The number of nitrogens with one attached hydrogen (secondary N) is 2. The van der Waals surface area contributed by atoms with Crippen LogP contribution in [0.5, 0.6) is 0 Å². The summed E-state index contributed by atoms with van der Waals surface area (Å²) in [6.07, 6.45) is 1.37. The summed E-state index contributed by atoms with van der Waals surface area (Å²) in [5, 5.41) is 6.04. The van der Waals surface area contributed by atoms with Gasteiger partial charge >= 0.3 is 0 Å². The molecule has 1 aromatic heterocycles. The molecule has 1 heterocycles. The van der Waals surface area contributed by atoms with Crippen molar-refractivity contribution >= 4 is 28.5 Å². The minimum absolute atomic E-state index is 0.0699. The number of rotatable bonds is 8. The molecule has 2 amide bonds. The average molecular weight is 455 g/mol. The number of nitrogens with zero attached hydrogens (tertiary/aromatic N) is 2. The molecule has 0 radical (unpaired) electrons. The van der Waals surface area contributed by atoms with E-state index in [4.69, 9.17) is 4.98 Å². The maximum absolute atomic E-state index is 12.9. The summed E-state index contributed by atoms with van der Waals surface area (Å²) in [6.45, 7) is 6.68. The number of hydrogen-bond acceptors (Lipinski definition) is 3. The van der Waals surface area contributed by atoms with Crippen molar-refractivity contribution in [3.63, 3.8) is 0 Å². The van der Waals surface area contributed by atoms with Gasteiger partial charge in [-0.3, -0.25) is 9.59 Å². The van der Waals surface area contributed by atoms with Crippen molar-refractivity contribution in [2.24, 2.45) is 0 Å². The molecule has 0 aliphatic heterocycles. The Morgan fingerprint density at radius 2 is 1.62 bits per heavy atom. The minimum atomic E-state index is -0.0917. The highest BCUT2D eigenvalue weighted by Crippen LogP contribution is 2.20. The summed E-state index contributed by atoms with van der Waals surface area (Å²) in [6, 6.07) is 21.3. The van der Waals surface area contributed by atoms with Crippen LogP contribution < -0.4 is 10.6 Å². The number of carbonyl (C=O) groups excluding carboxylic acids is 2. The van der Waals surface area contributed by atoms with Gasteiger partial charge in [0.2, 0.25) is 5.91 Å². The van der Waals surface area contributed by atoms with Gasteiger partial charge in [-0.1, -0.05) is 42.5 Å². The average Bonchev–Trinajstić information content (AvgIpc) is 3.17. The number of anilines is 1. The Hall–Kier alpha value is -3.93. The molecule has 0 bridgehead atoms. The zero-order valence-electron chi connectivity index (χ0n) is 19.9. The lowest BCUT2D eigenvalue weighted by molar-refractivity contribution is -0.116. The lowest BCUT2D eigenvalue weighted by Crippen LogP contribution is -2.26. The molecule has 0 aliphatic carbocycles. The van der Waals surface area contributed by atoms with E-state index in [1.807, 2.05) is 92.1 Å². The normalized spacial score (nSPS) is 10.9. The van der Waals surface area contributed by atoms with Gasteiger partial charge in [0.05, 0.1) is 11.0 Å². The molecule has 2 N–H and O–H groups in total. The smallest absolute Gasteiger partial charge is 0.251 e. The number of fused-ring (bicyclic) bond motifs is 1. The number of hydrogen-bond donors (Lipinski definition) is 2. The molecular formula is C28H30N4O2. The first-order valence-electron chi connectivity index (χ1n) is 11.6. The number of benzene rings is 3. The van der Waals surface area contributed by atoms with E-state index in [2.05, 4.69) is 10.6 Å². The van der Waals surface area contributed by atoms with Crippen molar-refractivity contribution in [3.8, 4) is 0 Å². The molecule has 0 aliphatic rings. The van der Waals surface area contributed by atoms with Crippen molar-refractivity contribution in [2.75, 3.05) is 11.9 Å². The van der Waals surface area contributed by atoms with Gasteiger partial charge in [0.1, 0.15) is 12.4 Å². The van der Waals surface area contributed by atoms with Gasteiger partial charge in [-0.05, 0) is 68.1 Å². The number of amides is 2. The summed E-state index contributed by atoms with van der Waals surface area (Å²) in [5.74, 6) is 0.674. The van der Waals surface area contributed by atoms with Crippen LogP contribution in [0.2, 0.25) is 0 Å². The molecule has 0 unspecified atom stereocenters. The minimum Gasteiger partial charge on any atom is -0.352 e. The summed E-state index contributed by atoms with van der Waals surface area (Å²) >= 11 is 0. The maximum atomic E-state index is 12.9. The number of carbonyl (C=O) groups is 2. The molecule has 6 nitrogen and oxygen atoms in total. The van der Waals surface area contributed by atoms with E-state index in [9.17, 15) is 9.59 Å². The van der Waals surface area contributed by atoms with Crippen LogP contribution in [0.25, 0.3) is 11.0 Å². The quantitative estimate of drug-likeness (QED) is 0.369. The third kappa shape index (κ3) is 5.17. The monoisotopic (exact) mass is 454 g/mol. The van der Waals surface area contributed by atoms with Crippen LogP contribution in [0.4, 0.5) is 5.69 Å². The van der Waals surface area contributed by atoms with Crippen LogP contribution in [0.15, 0.2) is 66.7 Å². The Labute approximate surface area is 200 Å². The van der Waals surface area contributed by atoms with Crippen molar-refractivity contribution < 1.29 is 9.59 Å². The second-order valence-electron chi connectivity index (χ2n) is 8.57. The molecule has 3 aromatic carbocycles. The van der Waals surface area contributed by atoms with E-state index in [1.54, 1.807) is 0 Å². The molecule has 0 fully saturated rings. The van der Waals surface area contributed by atoms with E-state index < -0.39 is 0 Å². The lowest BCUT2D eigenvalue weighted by Gasteiger charge is -2.13. The molecule has 0 atom stereocenters. The third-order valence-electron chi connectivity index (χ3n) is 6.17. The number of aryl methyl sites for hydroxylation is 3. The highest BCUT2D eigenvalue weighted by Gasteiger charge is 2.15. The predicted molar refractivity (Wildman–Crippen MR) is 136 cm³/mol. The molecule has 6 heteroatoms. The summed E-state index contributed by atoms with van der Waals surface area (Å²) in [5.41, 5.74) is 6.47. The van der Waals surface area contributed by atoms with Gasteiger partial charge < -0.3 is 15.2 Å². The first kappa shape index (κ1) is 23.2. The topological polar surface area (TPSA) is 76.0 Å². The number of imidazole rings is 1. The maximum Gasteiger partial charge on any atom is 0.251 e. The summed E-state index contributed by atoms with van der Waals surface area (Å²) in [4.78, 5) is 30.2. The second-order valence-corrected chi connectivity index (χ2v) is 8.57. The van der Waals surface area contributed by atoms with Gasteiger partial charge in [0, 0.05) is 24.2 Å². The second kappa shape index (κ2) is 10.3. The first-order chi connectivity index (χ1) is 16.4. The molecule has 174 valence electrons. The van der Waals surface area contributed by atoms with E-state index in [-0.39, 0.29) is 18.4 Å². The van der Waals surface area contributed by atoms with E-state index in [1.165, 1.54) is 0 Å². The van der Waals surface area contributed by atoms with Crippen molar-refractivity contribution in [1.29, 1.82) is 0 Å². The third-order valence-corrected chi connectivity index (χ3v) is 6.17. The number of para-hydroxylation sites is 2. The van der Waals surface area contributed by atoms with Crippen LogP contribution in [0.1, 0.15) is 39.3 Å². The van der Waals surface area contributed by atoms with E-state index in [0.29, 0.717) is 18.5 Å². The Morgan fingerprint density at radius 3 is 2.44 bits per heavy atom. The fourth-order valence-electron chi connectivity index (χ4n) is 4.08. The Balaban J connectivity index is 1.44. The Kier molecular flexibility index (Phi) is 7.07. The standard InChI is InChI=1S/C28H30N4O2/c1-19-11-8-14-23(21(19)3)31-27(33)18-32-25-15-7-6-13-24(25)30-26(32)16-9-17-29-28(34)22-12-5-4-10-20(22)2/h4-8,10-15H,9,16-18H2,1-3H3,(H,29,34)(H,31,33). The highest BCUT2D eigenvalue weighted by atomic mass is 16.2. The molecule has 34 heavy (non-hydrogen) atoms. The highest BCUT2D eigenvalue weighted by molar-refractivity contribution is 5.95. The molecule has 4 aromatic rings. The van der Waals surface area contributed by atoms with Gasteiger partial charge in [-0.15, -0.1) is 0 Å². The van der Waals surface area contributed by atoms with Gasteiger partial charge in [-0.25, -0.2) is 4.98 Å². The fraction of sp³-hybridized carbons (Fsp3) is 0.250. The first-order valence-corrected chi connectivity index (χ1v) is 11.6. The SMILES string of the molecule is Cc1ccccc1C(=O)NCCCc1nc2ccccc2n1CC(=O)Nc1cccc(C)c1C. The molecule has 0 saturated carbocycles.